The number of rotatable bonds is 16. The topological polar surface area (TPSA) is 489 Å². The molecule has 0 fully saturated rings. The zero-order valence-corrected chi connectivity index (χ0v) is 64.9. The second kappa shape index (κ2) is 39.7. The van der Waals surface area contributed by atoms with E-state index in [-0.39, 0.29) is 86.0 Å². The second-order valence-corrected chi connectivity index (χ2v) is 29.3. The smallest absolute Gasteiger partial charge is 0.506 e. The summed E-state index contributed by atoms with van der Waals surface area (Å²) in [7, 11) is -22.0. The first-order chi connectivity index (χ1) is 51.3. The summed E-state index contributed by atoms with van der Waals surface area (Å²) in [5, 5.41) is 56.9. The van der Waals surface area contributed by atoms with Gasteiger partial charge in [0.1, 0.15) is 53.9 Å². The molecule has 0 bridgehead atoms. The van der Waals surface area contributed by atoms with Crippen LogP contribution in [0.25, 0.3) is 43.1 Å². The van der Waals surface area contributed by atoms with Crippen LogP contribution in [-0.2, 0) is 91.6 Å². The molecule has 582 valence electrons. The normalized spacial score (nSPS) is 11.3. The number of methoxy groups -OCH3 is 1. The second-order valence-electron chi connectivity index (χ2n) is 23.0. The van der Waals surface area contributed by atoms with E-state index in [1.54, 1.807) is 39.1 Å². The first-order valence-corrected chi connectivity index (χ1v) is 38.8. The Hall–Kier alpha value is -11.6. The van der Waals surface area contributed by atoms with Crippen LogP contribution in [0.15, 0.2) is 267 Å². The molecule has 12 aromatic carbocycles. The standard InChI is InChI=1S/C19H18N2O7S2.C18H15N3O7S2.C18H16N2O.C18H15NO.CH3.Cu.2O3S/c1-11-7-12(2)17(28-3)10-16(11)21-20-13-8-15-14(19(9-13)30(25,26)27)5-4-6-18(15)29(22,23)24;1-10-6-15(19-2)16(22)9-14(10)21-20-11-7-13-12(18(8-11)30(26,27)28)4-3-5-17(13)29(23,24)25;1-19-20-17-10-8-15-12-14(7-9-16(15)18(17)21)11-13-5-3-2-4-6-13;1-19-17-10-8-15-12-14(7-9-16(15)18(17)20)11-13-5-3-2-4-6-13;;;2*1-4(2)3/h4-10H,1-3H3,(H,22,23,24)(H,25,26,27);3-9,22H,2H2,1H3,(H,23,24,25)(H,26,27,28);2-10,12,21H,11H2,1H3;2-10,12,20H,1,11H2;1H3;;;/q;;;;-1;+1;;. The van der Waals surface area contributed by atoms with Crippen molar-refractivity contribution in [1.29, 1.82) is 0 Å². The SMILES string of the molecule is C=Nc1cc(C)c(N=Nc2cc(S(=O)(=O)O)c3cccc(S(=O)(=O)O)c3c2)cc1O.C=Nc1ccc2cc(Cc3ccccc3)ccc2c1O.CN=Nc1ccc2cc(Cc3ccccc3)ccc2c1O.COc1cc(N=Nc2cc(S(=O)(=O)O)c3cccc(S(=O)(=O)O)c3c2)c(C)cc1C.O=S(=O)=O.O=S(=O)=O.[CH3-].[Cu+]. The molecular formula is C74H67CuN8O22S6. The number of aryl methyl sites for hydroxylation is 3. The predicted octanol–water partition coefficient (Wildman–Crippen LogP) is 16.2. The van der Waals surface area contributed by atoms with E-state index in [0.717, 1.165) is 69.8 Å². The van der Waals surface area contributed by atoms with Gasteiger partial charge in [-0.05, 0) is 151 Å². The summed E-state index contributed by atoms with van der Waals surface area (Å²) in [6, 6.07) is 58.5. The van der Waals surface area contributed by atoms with Gasteiger partial charge in [0.2, 0.25) is 0 Å². The van der Waals surface area contributed by atoms with Gasteiger partial charge in [-0.25, -0.2) is 0 Å². The number of aromatic hydroxyl groups is 3. The van der Waals surface area contributed by atoms with Crippen LogP contribution in [-0.4, -0.2) is 120 Å². The van der Waals surface area contributed by atoms with Crippen LogP contribution in [0, 0.1) is 28.2 Å². The molecule has 7 N–H and O–H groups in total. The van der Waals surface area contributed by atoms with Gasteiger partial charge in [-0.2, -0.15) is 64.4 Å². The summed E-state index contributed by atoms with van der Waals surface area (Å²) < 4.78 is 188. The maximum Gasteiger partial charge on any atom is 1.00 e. The zero-order valence-electron chi connectivity index (χ0n) is 59.0. The Labute approximate surface area is 651 Å². The minimum Gasteiger partial charge on any atom is -0.506 e. The molecule has 0 atom stereocenters. The quantitative estimate of drug-likeness (QED) is 0.0155. The van der Waals surface area contributed by atoms with Crippen LogP contribution >= 0.6 is 0 Å². The fraction of sp³-hybridized carbons (Fsp3) is 0.0946. The molecule has 111 heavy (non-hydrogen) atoms. The Morgan fingerprint density at radius 3 is 1.14 bits per heavy atom. The molecule has 0 spiro atoms. The summed E-state index contributed by atoms with van der Waals surface area (Å²) >= 11 is 0. The molecule has 0 radical (unpaired) electrons. The summed E-state index contributed by atoms with van der Waals surface area (Å²) in [4.78, 5) is 5.22. The van der Waals surface area contributed by atoms with E-state index in [1.807, 2.05) is 85.8 Å². The molecule has 0 aliphatic heterocycles. The van der Waals surface area contributed by atoms with Gasteiger partial charge in [0, 0.05) is 51.5 Å². The first kappa shape index (κ1) is 90.0. The monoisotopic (exact) mass is 1670 g/mol. The largest absolute Gasteiger partial charge is 1.00 e. The van der Waals surface area contributed by atoms with Crippen LogP contribution < -0.4 is 4.74 Å². The number of hydrogen-bond acceptors (Lipinski definition) is 26. The number of hydrogen-bond donors (Lipinski definition) is 7. The Balaban J connectivity index is 0.000000258. The number of ether oxygens (including phenoxy) is 1. The van der Waals surface area contributed by atoms with Crippen LogP contribution in [0.5, 0.6) is 23.0 Å². The van der Waals surface area contributed by atoms with E-state index >= 15 is 0 Å². The van der Waals surface area contributed by atoms with Crippen molar-refractivity contribution in [2.75, 3.05) is 14.2 Å². The van der Waals surface area contributed by atoms with Crippen molar-refractivity contribution in [2.45, 2.75) is 53.2 Å². The number of phenols is 3. The van der Waals surface area contributed by atoms with E-state index in [0.29, 0.717) is 28.4 Å². The van der Waals surface area contributed by atoms with Gasteiger partial charge in [0.15, 0.2) is 5.75 Å². The Morgan fingerprint density at radius 1 is 0.369 bits per heavy atom. The molecular weight excluding hydrogens is 1610 g/mol. The number of aliphatic imine (C=N–C) groups is 2. The van der Waals surface area contributed by atoms with Crippen molar-refractivity contribution in [1.82, 2.24) is 0 Å². The van der Waals surface area contributed by atoms with Crippen LogP contribution in [0.3, 0.4) is 0 Å². The average Bonchev–Trinajstić information content (AvgIpc) is 0.767. The maximum atomic E-state index is 11.9. The molecule has 0 saturated carbocycles. The van der Waals surface area contributed by atoms with Crippen molar-refractivity contribution in [3.8, 4) is 23.0 Å². The minimum atomic E-state index is -4.76. The van der Waals surface area contributed by atoms with E-state index < -0.39 is 81.3 Å². The molecule has 12 rings (SSSR count). The van der Waals surface area contributed by atoms with Crippen LogP contribution in [0.1, 0.15) is 38.9 Å². The number of phenolic OH excluding ortho intramolecular Hbond substituents is 3. The van der Waals surface area contributed by atoms with E-state index in [4.69, 9.17) is 30.0 Å². The fourth-order valence-corrected chi connectivity index (χ4v) is 13.6. The Kier molecular flexibility index (Phi) is 32.2. The Morgan fingerprint density at radius 2 is 0.757 bits per heavy atom. The summed E-state index contributed by atoms with van der Waals surface area (Å²) in [5.41, 5.74) is 9.05. The van der Waals surface area contributed by atoms with Gasteiger partial charge < -0.3 is 27.5 Å². The Bertz CT molecular complexity index is 6290. The maximum absolute atomic E-state index is 11.9. The molecule has 0 amide bonds. The van der Waals surface area contributed by atoms with Gasteiger partial charge in [-0.15, -0.1) is 25.3 Å². The molecule has 0 unspecified atom stereocenters. The third-order valence-electron chi connectivity index (χ3n) is 15.6. The summed E-state index contributed by atoms with van der Waals surface area (Å²) in [6.07, 6.45) is 1.77. The number of benzene rings is 12. The van der Waals surface area contributed by atoms with Crippen LogP contribution in [0.2, 0.25) is 0 Å². The molecule has 12 aromatic rings. The van der Waals surface area contributed by atoms with E-state index in [1.165, 1.54) is 77.9 Å². The molecule has 30 nitrogen and oxygen atoms in total. The predicted molar refractivity (Wildman–Crippen MR) is 415 cm³/mol. The van der Waals surface area contributed by atoms with Gasteiger partial charge in [0.05, 0.1) is 29.9 Å². The van der Waals surface area contributed by atoms with Gasteiger partial charge >= 0.3 is 38.3 Å². The zero-order chi connectivity index (χ0) is 80.3. The van der Waals surface area contributed by atoms with Crippen molar-refractivity contribution >= 4 is 158 Å². The third-order valence-corrected chi connectivity index (χ3v) is 19.2. The molecule has 0 heterocycles. The van der Waals surface area contributed by atoms with Gasteiger partial charge in [0.25, 0.3) is 40.5 Å². The minimum absolute atomic E-state index is 0. The molecule has 0 aliphatic carbocycles. The molecule has 0 aliphatic rings. The number of fused-ring (bicyclic) bond motifs is 4. The van der Waals surface area contributed by atoms with E-state index in [2.05, 4.69) is 90.5 Å². The summed E-state index contributed by atoms with van der Waals surface area (Å²) in [6.45, 7) is 12.1. The van der Waals surface area contributed by atoms with E-state index in [9.17, 15) is 67.2 Å². The fourth-order valence-electron chi connectivity index (χ4n) is 10.8. The number of nitrogens with zero attached hydrogens (tertiary/aromatic N) is 8. The van der Waals surface area contributed by atoms with Crippen molar-refractivity contribution in [3.05, 3.63) is 253 Å². The first-order valence-electron chi connectivity index (χ1n) is 31.0. The van der Waals surface area contributed by atoms with Crippen molar-refractivity contribution < 1.29 is 114 Å². The number of azo groups is 3. The van der Waals surface area contributed by atoms with Crippen molar-refractivity contribution in [2.24, 2.45) is 40.7 Å². The molecule has 0 saturated heterocycles. The van der Waals surface area contributed by atoms with Crippen LogP contribution in [0.4, 0.5) is 39.8 Å². The van der Waals surface area contributed by atoms with Gasteiger partial charge in [-0.3, -0.25) is 28.2 Å². The van der Waals surface area contributed by atoms with Crippen molar-refractivity contribution in [3.63, 3.8) is 0 Å². The average molecular weight is 1680 g/mol. The summed E-state index contributed by atoms with van der Waals surface area (Å²) in [5.74, 6) is 0.767. The molecule has 37 heteroatoms. The third kappa shape index (κ3) is 25.0. The van der Waals surface area contributed by atoms with Gasteiger partial charge in [-0.1, -0.05) is 140 Å². The molecule has 0 aromatic heterocycles.